The zero-order chi connectivity index (χ0) is 9.56. The highest BCUT2D eigenvalue weighted by Gasteiger charge is 1.96. The normalized spacial score (nSPS) is 15.1. The third-order valence-electron chi connectivity index (χ3n) is 1.44. The molecule has 12 heavy (non-hydrogen) atoms. The van der Waals surface area contributed by atoms with Crippen molar-refractivity contribution >= 4 is 5.97 Å². The lowest BCUT2D eigenvalue weighted by atomic mass is 10.2. The van der Waals surface area contributed by atoms with E-state index >= 15 is 0 Å². The highest BCUT2D eigenvalue weighted by molar-refractivity contribution is 5.86. The van der Waals surface area contributed by atoms with Crippen LogP contribution >= 0.6 is 0 Å². The summed E-state index contributed by atoms with van der Waals surface area (Å²) in [6, 6.07) is 0. The predicted molar refractivity (Wildman–Crippen MR) is 46.8 cm³/mol. The van der Waals surface area contributed by atoms with Crippen molar-refractivity contribution in [3.8, 4) is 0 Å². The summed E-state index contributed by atoms with van der Waals surface area (Å²) in [5, 5.41) is 17.5. The molecule has 0 rings (SSSR count). The van der Waals surface area contributed by atoms with Crippen LogP contribution in [0.1, 0.15) is 20.3 Å². The Morgan fingerprint density at radius 2 is 2.17 bits per heavy atom. The molecule has 0 aliphatic heterocycles. The molecule has 0 saturated heterocycles. The molecule has 0 amide bonds. The molecule has 0 heterocycles. The Kier molecular flexibility index (Phi) is 5.04. The fourth-order valence-corrected chi connectivity index (χ4v) is 0.536. The van der Waals surface area contributed by atoms with E-state index in [-0.39, 0.29) is 5.57 Å². The van der Waals surface area contributed by atoms with E-state index in [9.17, 15) is 4.79 Å². The second-order valence-corrected chi connectivity index (χ2v) is 2.52. The second-order valence-electron chi connectivity index (χ2n) is 2.52. The molecule has 0 aliphatic rings. The summed E-state index contributed by atoms with van der Waals surface area (Å²) in [6.07, 6.45) is 4.73. The number of rotatable bonds is 4. The van der Waals surface area contributed by atoms with Gasteiger partial charge >= 0.3 is 5.97 Å². The van der Waals surface area contributed by atoms with Gasteiger partial charge in [-0.2, -0.15) is 0 Å². The highest BCUT2D eigenvalue weighted by atomic mass is 16.4. The minimum Gasteiger partial charge on any atom is -0.478 e. The summed E-state index contributed by atoms with van der Waals surface area (Å²) in [5.41, 5.74) is 0.259. The molecule has 1 atom stereocenters. The van der Waals surface area contributed by atoms with E-state index in [2.05, 4.69) is 0 Å². The molecule has 0 bridgehead atoms. The summed E-state index contributed by atoms with van der Waals surface area (Å²) in [6.45, 7) is 3.35. The predicted octanol–water partition coefficient (Wildman–Crippen LogP) is 1.34. The average Bonchev–Trinajstić information content (AvgIpc) is 2.03. The van der Waals surface area contributed by atoms with Gasteiger partial charge in [0, 0.05) is 5.57 Å². The van der Waals surface area contributed by atoms with E-state index in [0.29, 0.717) is 6.42 Å². The van der Waals surface area contributed by atoms with Crippen LogP contribution in [-0.4, -0.2) is 22.3 Å². The fraction of sp³-hybridized carbons (Fsp3) is 0.444. The van der Waals surface area contributed by atoms with E-state index in [0.717, 1.165) is 0 Å². The molecule has 0 aromatic carbocycles. The number of hydrogen-bond acceptors (Lipinski definition) is 2. The minimum absolute atomic E-state index is 0.259. The average molecular weight is 170 g/mol. The number of aliphatic hydroxyl groups is 1. The van der Waals surface area contributed by atoms with E-state index in [1.807, 2.05) is 6.92 Å². The van der Waals surface area contributed by atoms with Gasteiger partial charge in [-0.25, -0.2) is 4.79 Å². The Bertz CT molecular complexity index is 204. The molecular weight excluding hydrogens is 156 g/mol. The van der Waals surface area contributed by atoms with Crippen molar-refractivity contribution in [1.82, 2.24) is 0 Å². The number of carbonyl (C=O) groups is 1. The van der Waals surface area contributed by atoms with Gasteiger partial charge in [0.2, 0.25) is 0 Å². The zero-order valence-electron chi connectivity index (χ0n) is 7.32. The van der Waals surface area contributed by atoms with Gasteiger partial charge in [0.25, 0.3) is 0 Å². The van der Waals surface area contributed by atoms with Gasteiger partial charge in [0.05, 0.1) is 6.10 Å². The van der Waals surface area contributed by atoms with Gasteiger partial charge in [-0.3, -0.25) is 0 Å². The summed E-state index contributed by atoms with van der Waals surface area (Å²) in [7, 11) is 0. The summed E-state index contributed by atoms with van der Waals surface area (Å²) >= 11 is 0. The second kappa shape index (κ2) is 5.55. The van der Waals surface area contributed by atoms with Gasteiger partial charge in [0.15, 0.2) is 0 Å². The van der Waals surface area contributed by atoms with E-state index in [4.69, 9.17) is 10.2 Å². The van der Waals surface area contributed by atoms with E-state index in [1.54, 1.807) is 12.2 Å². The Balaban J connectivity index is 4.03. The molecule has 0 aliphatic carbocycles. The van der Waals surface area contributed by atoms with Gasteiger partial charge in [-0.05, 0) is 13.3 Å². The van der Waals surface area contributed by atoms with Crippen LogP contribution in [0.4, 0.5) is 0 Å². The first-order valence-corrected chi connectivity index (χ1v) is 3.84. The van der Waals surface area contributed by atoms with Crippen molar-refractivity contribution in [1.29, 1.82) is 0 Å². The zero-order valence-corrected chi connectivity index (χ0v) is 7.32. The molecule has 3 nitrogen and oxygen atoms in total. The number of aliphatic hydroxyl groups excluding tert-OH is 1. The summed E-state index contributed by atoms with van der Waals surface area (Å²) in [5.74, 6) is -0.939. The maximum absolute atomic E-state index is 10.3. The van der Waals surface area contributed by atoms with Gasteiger partial charge in [0.1, 0.15) is 0 Å². The lowest BCUT2D eigenvalue weighted by Gasteiger charge is -1.96. The number of hydrogen-bond donors (Lipinski definition) is 2. The molecule has 0 aromatic rings. The molecule has 68 valence electrons. The number of carboxylic acids is 1. The Hall–Kier alpha value is -1.09. The topological polar surface area (TPSA) is 57.5 Å². The Morgan fingerprint density at radius 3 is 2.58 bits per heavy atom. The maximum Gasteiger partial charge on any atom is 0.331 e. The first kappa shape index (κ1) is 10.9. The largest absolute Gasteiger partial charge is 0.478 e. The highest BCUT2D eigenvalue weighted by Crippen LogP contribution is 1.95. The van der Waals surface area contributed by atoms with Crippen molar-refractivity contribution in [3.63, 3.8) is 0 Å². The third kappa shape index (κ3) is 4.68. The minimum atomic E-state index is -0.939. The SMILES string of the molecule is CCC(O)C=CC=C(C)C(=O)O. The molecule has 1 unspecified atom stereocenters. The summed E-state index contributed by atoms with van der Waals surface area (Å²) in [4.78, 5) is 10.3. The molecule has 3 heteroatoms. The van der Waals surface area contributed by atoms with Gasteiger partial charge in [-0.15, -0.1) is 0 Å². The molecular formula is C9H14O3. The first-order chi connectivity index (χ1) is 5.57. The molecule has 0 spiro atoms. The van der Waals surface area contributed by atoms with Crippen LogP contribution in [0.25, 0.3) is 0 Å². The maximum atomic E-state index is 10.3. The third-order valence-corrected chi connectivity index (χ3v) is 1.44. The van der Waals surface area contributed by atoms with Crippen LogP contribution in [0.15, 0.2) is 23.8 Å². The number of aliphatic carboxylic acids is 1. The summed E-state index contributed by atoms with van der Waals surface area (Å²) < 4.78 is 0. The van der Waals surface area contributed by atoms with Gasteiger partial charge < -0.3 is 10.2 Å². The van der Waals surface area contributed by atoms with Crippen molar-refractivity contribution in [2.24, 2.45) is 0 Å². The fourth-order valence-electron chi connectivity index (χ4n) is 0.536. The van der Waals surface area contributed by atoms with Crippen molar-refractivity contribution in [3.05, 3.63) is 23.8 Å². The number of allylic oxidation sites excluding steroid dienone is 2. The van der Waals surface area contributed by atoms with Crippen LogP contribution in [0.5, 0.6) is 0 Å². The van der Waals surface area contributed by atoms with Gasteiger partial charge in [-0.1, -0.05) is 25.2 Å². The molecule has 2 N–H and O–H groups in total. The monoisotopic (exact) mass is 170 g/mol. The van der Waals surface area contributed by atoms with Crippen molar-refractivity contribution in [2.75, 3.05) is 0 Å². The van der Waals surface area contributed by atoms with Crippen LogP contribution < -0.4 is 0 Å². The van der Waals surface area contributed by atoms with Crippen molar-refractivity contribution < 1.29 is 15.0 Å². The standard InChI is InChI=1S/C9H14O3/c1-3-8(10)6-4-5-7(2)9(11)12/h4-6,8,10H,3H2,1-2H3,(H,11,12). The van der Waals surface area contributed by atoms with Crippen LogP contribution in [0.2, 0.25) is 0 Å². The van der Waals surface area contributed by atoms with Crippen molar-refractivity contribution in [2.45, 2.75) is 26.4 Å². The van der Waals surface area contributed by atoms with Crippen LogP contribution in [-0.2, 0) is 4.79 Å². The lowest BCUT2D eigenvalue weighted by Crippen LogP contribution is -1.98. The van der Waals surface area contributed by atoms with E-state index in [1.165, 1.54) is 13.0 Å². The number of carboxylic acid groups (broad SMARTS) is 1. The molecule has 0 aromatic heterocycles. The first-order valence-electron chi connectivity index (χ1n) is 3.84. The van der Waals surface area contributed by atoms with E-state index < -0.39 is 12.1 Å². The van der Waals surface area contributed by atoms with Crippen LogP contribution in [0, 0.1) is 0 Å². The molecule has 0 saturated carbocycles. The molecule has 0 radical (unpaired) electrons. The Morgan fingerprint density at radius 1 is 1.58 bits per heavy atom. The quantitative estimate of drug-likeness (QED) is 0.494. The smallest absolute Gasteiger partial charge is 0.331 e. The lowest BCUT2D eigenvalue weighted by molar-refractivity contribution is -0.132. The molecule has 0 fully saturated rings. The Labute approximate surface area is 72.0 Å². The van der Waals surface area contributed by atoms with Crippen LogP contribution in [0.3, 0.4) is 0 Å².